The standard InChI is InChI=1S/C15H26N4.HI/c1-11-6-7-13(10-12(11)2)19-14(16)17-8-9-18-15(3,4)5;/h6-7,10,18H,8-9H2,1-5H3,(H3,16,17,19);1H. The van der Waals surface area contributed by atoms with E-state index in [2.05, 4.69) is 62.4 Å². The molecule has 1 aromatic carbocycles. The summed E-state index contributed by atoms with van der Waals surface area (Å²) in [5, 5.41) is 6.47. The summed E-state index contributed by atoms with van der Waals surface area (Å²) in [6.07, 6.45) is 0. The molecule has 0 aliphatic carbocycles. The Morgan fingerprint density at radius 3 is 2.40 bits per heavy atom. The number of nitrogens with one attached hydrogen (secondary N) is 2. The maximum Gasteiger partial charge on any atom is 0.193 e. The average molecular weight is 390 g/mol. The van der Waals surface area contributed by atoms with Crippen LogP contribution < -0.4 is 16.4 Å². The summed E-state index contributed by atoms with van der Waals surface area (Å²) in [5.41, 5.74) is 9.47. The highest BCUT2D eigenvalue weighted by atomic mass is 127. The van der Waals surface area contributed by atoms with E-state index in [1.54, 1.807) is 0 Å². The summed E-state index contributed by atoms with van der Waals surface area (Å²) in [5.74, 6) is 0.457. The van der Waals surface area contributed by atoms with Gasteiger partial charge >= 0.3 is 0 Å². The van der Waals surface area contributed by atoms with Crippen molar-refractivity contribution in [1.82, 2.24) is 5.32 Å². The summed E-state index contributed by atoms with van der Waals surface area (Å²) in [6, 6.07) is 6.16. The van der Waals surface area contributed by atoms with Crippen LogP contribution in [0.2, 0.25) is 0 Å². The lowest BCUT2D eigenvalue weighted by molar-refractivity contribution is 0.433. The summed E-state index contributed by atoms with van der Waals surface area (Å²) in [7, 11) is 0. The second-order valence-corrected chi connectivity index (χ2v) is 5.87. The van der Waals surface area contributed by atoms with E-state index in [1.807, 2.05) is 6.07 Å². The number of anilines is 1. The largest absolute Gasteiger partial charge is 0.370 e. The molecule has 0 amide bonds. The number of nitrogens with two attached hydrogens (primary N) is 1. The third-order valence-corrected chi connectivity index (χ3v) is 2.83. The predicted molar refractivity (Wildman–Crippen MR) is 99.2 cm³/mol. The summed E-state index contributed by atoms with van der Waals surface area (Å²) < 4.78 is 0. The summed E-state index contributed by atoms with van der Waals surface area (Å²) in [4.78, 5) is 4.30. The molecule has 0 aromatic heterocycles. The molecule has 1 rings (SSSR count). The molecule has 0 bridgehead atoms. The van der Waals surface area contributed by atoms with Gasteiger partial charge in [0.05, 0.1) is 6.54 Å². The zero-order chi connectivity index (χ0) is 14.5. The van der Waals surface area contributed by atoms with Crippen molar-refractivity contribution < 1.29 is 0 Å². The molecule has 0 atom stereocenters. The third kappa shape index (κ3) is 7.69. The number of guanidine groups is 1. The minimum absolute atomic E-state index is 0. The topological polar surface area (TPSA) is 62.4 Å². The van der Waals surface area contributed by atoms with Crippen LogP contribution in [0.25, 0.3) is 0 Å². The first-order valence-electron chi connectivity index (χ1n) is 6.67. The van der Waals surface area contributed by atoms with Crippen LogP contribution in [0.3, 0.4) is 0 Å². The normalized spacial score (nSPS) is 11.9. The molecule has 5 heteroatoms. The highest BCUT2D eigenvalue weighted by molar-refractivity contribution is 14.0. The first kappa shape index (κ1) is 19.2. The molecule has 0 aliphatic heterocycles. The molecule has 0 fully saturated rings. The van der Waals surface area contributed by atoms with Gasteiger partial charge in [0.1, 0.15) is 0 Å². The first-order chi connectivity index (χ1) is 8.78. The van der Waals surface area contributed by atoms with E-state index in [1.165, 1.54) is 11.1 Å². The first-order valence-corrected chi connectivity index (χ1v) is 6.67. The van der Waals surface area contributed by atoms with E-state index >= 15 is 0 Å². The van der Waals surface area contributed by atoms with Crippen molar-refractivity contribution in [3.8, 4) is 0 Å². The summed E-state index contributed by atoms with van der Waals surface area (Å²) >= 11 is 0. The molecule has 0 saturated carbocycles. The molecule has 0 aliphatic rings. The van der Waals surface area contributed by atoms with Crippen molar-refractivity contribution in [2.75, 3.05) is 18.4 Å². The van der Waals surface area contributed by atoms with Crippen molar-refractivity contribution in [3.63, 3.8) is 0 Å². The SMILES string of the molecule is Cc1ccc(NC(N)=NCCNC(C)(C)C)cc1C.I. The molecule has 0 radical (unpaired) electrons. The lowest BCUT2D eigenvalue weighted by Crippen LogP contribution is -2.37. The Hall–Kier alpha value is -0.820. The fraction of sp³-hybridized carbons (Fsp3) is 0.533. The molecule has 20 heavy (non-hydrogen) atoms. The molecule has 114 valence electrons. The highest BCUT2D eigenvalue weighted by Gasteiger charge is 2.06. The van der Waals surface area contributed by atoms with Crippen molar-refractivity contribution in [2.24, 2.45) is 10.7 Å². The molecule has 1 aromatic rings. The predicted octanol–water partition coefficient (Wildman–Crippen LogP) is 3.04. The Balaban J connectivity index is 0.00000361. The van der Waals surface area contributed by atoms with Gasteiger partial charge in [-0.15, -0.1) is 24.0 Å². The van der Waals surface area contributed by atoms with Crippen LogP contribution in [-0.4, -0.2) is 24.6 Å². The maximum atomic E-state index is 5.85. The second kappa shape index (κ2) is 8.46. The molecule has 4 nitrogen and oxygen atoms in total. The summed E-state index contributed by atoms with van der Waals surface area (Å²) in [6.45, 7) is 12.1. The van der Waals surface area contributed by atoms with Crippen LogP contribution in [-0.2, 0) is 0 Å². The van der Waals surface area contributed by atoms with E-state index in [4.69, 9.17) is 5.73 Å². The fourth-order valence-electron chi connectivity index (χ4n) is 1.61. The van der Waals surface area contributed by atoms with Gasteiger partial charge in [-0.1, -0.05) is 6.07 Å². The van der Waals surface area contributed by atoms with Gasteiger partial charge in [-0.3, -0.25) is 4.99 Å². The van der Waals surface area contributed by atoms with E-state index in [0.29, 0.717) is 12.5 Å². The number of nitrogens with zero attached hydrogens (tertiary/aromatic N) is 1. The van der Waals surface area contributed by atoms with Gasteiger partial charge in [0.2, 0.25) is 0 Å². The number of halogens is 1. The molecule has 0 saturated heterocycles. The van der Waals surface area contributed by atoms with Gasteiger partial charge in [-0.25, -0.2) is 0 Å². The van der Waals surface area contributed by atoms with Gasteiger partial charge in [0.15, 0.2) is 5.96 Å². The molecular weight excluding hydrogens is 363 g/mol. The zero-order valence-corrected chi connectivity index (χ0v) is 15.4. The fourth-order valence-corrected chi connectivity index (χ4v) is 1.61. The Morgan fingerprint density at radius 2 is 1.85 bits per heavy atom. The molecule has 0 unspecified atom stereocenters. The van der Waals surface area contributed by atoms with Gasteiger partial charge < -0.3 is 16.4 Å². The van der Waals surface area contributed by atoms with Crippen LogP contribution in [0.5, 0.6) is 0 Å². The third-order valence-electron chi connectivity index (χ3n) is 2.83. The Labute approximate surface area is 139 Å². The van der Waals surface area contributed by atoms with Crippen molar-refractivity contribution in [1.29, 1.82) is 0 Å². The van der Waals surface area contributed by atoms with Gasteiger partial charge in [-0.2, -0.15) is 0 Å². The Morgan fingerprint density at radius 1 is 1.20 bits per heavy atom. The Bertz CT molecular complexity index is 450. The van der Waals surface area contributed by atoms with Crippen LogP contribution >= 0.6 is 24.0 Å². The minimum Gasteiger partial charge on any atom is -0.370 e. The quantitative estimate of drug-likeness (QED) is 0.321. The molecular formula is C15H27IN4. The van der Waals surface area contributed by atoms with Crippen molar-refractivity contribution in [3.05, 3.63) is 29.3 Å². The zero-order valence-electron chi connectivity index (χ0n) is 13.1. The number of rotatable bonds is 4. The lowest BCUT2D eigenvalue weighted by Gasteiger charge is -2.19. The van der Waals surface area contributed by atoms with Crippen LogP contribution in [0.1, 0.15) is 31.9 Å². The van der Waals surface area contributed by atoms with E-state index in [9.17, 15) is 0 Å². The van der Waals surface area contributed by atoms with Crippen molar-refractivity contribution in [2.45, 2.75) is 40.2 Å². The van der Waals surface area contributed by atoms with E-state index < -0.39 is 0 Å². The van der Waals surface area contributed by atoms with E-state index in [0.717, 1.165) is 12.2 Å². The number of hydrogen-bond acceptors (Lipinski definition) is 2. The number of hydrogen-bond donors (Lipinski definition) is 3. The highest BCUT2D eigenvalue weighted by Crippen LogP contribution is 2.13. The molecule has 0 heterocycles. The maximum absolute atomic E-state index is 5.85. The van der Waals surface area contributed by atoms with Gasteiger partial charge in [0, 0.05) is 17.8 Å². The number of aryl methyl sites for hydroxylation is 2. The van der Waals surface area contributed by atoms with Gasteiger partial charge in [-0.05, 0) is 57.9 Å². The van der Waals surface area contributed by atoms with Crippen molar-refractivity contribution >= 4 is 35.6 Å². The Kier molecular flexibility index (Phi) is 8.12. The van der Waals surface area contributed by atoms with Crippen LogP contribution in [0.15, 0.2) is 23.2 Å². The van der Waals surface area contributed by atoms with Crippen LogP contribution in [0, 0.1) is 13.8 Å². The minimum atomic E-state index is 0. The van der Waals surface area contributed by atoms with E-state index in [-0.39, 0.29) is 29.5 Å². The smallest absolute Gasteiger partial charge is 0.193 e. The number of aliphatic imine (C=N–C) groups is 1. The van der Waals surface area contributed by atoms with Gasteiger partial charge in [0.25, 0.3) is 0 Å². The monoisotopic (exact) mass is 390 g/mol. The van der Waals surface area contributed by atoms with Crippen LogP contribution in [0.4, 0.5) is 5.69 Å². The second-order valence-electron chi connectivity index (χ2n) is 5.87. The molecule has 0 spiro atoms. The number of benzene rings is 1. The molecule has 4 N–H and O–H groups in total. The lowest BCUT2D eigenvalue weighted by atomic mass is 10.1. The average Bonchev–Trinajstić information content (AvgIpc) is 2.28.